The lowest BCUT2D eigenvalue weighted by Crippen LogP contribution is -2.40. The van der Waals surface area contributed by atoms with Gasteiger partial charge in [-0.2, -0.15) is 5.10 Å². The molecular weight excluding hydrogens is 644 g/mol. The number of thiazole rings is 1. The SMILES string of the molecule is C=CCOC(=O)C1=C(C)N=c2sc(=Cc3cn(-c4ccccc4)nc3-c3ccc(OC)cc3)c(=O)n2C1c1ccc(OC(C)=O)c(OC)c1. The van der Waals surface area contributed by atoms with Crippen LogP contribution in [0.3, 0.4) is 0 Å². The summed E-state index contributed by atoms with van der Waals surface area (Å²) >= 11 is 1.20. The van der Waals surface area contributed by atoms with Crippen molar-refractivity contribution in [3.8, 4) is 34.2 Å². The van der Waals surface area contributed by atoms with Crippen LogP contribution in [0.5, 0.6) is 17.2 Å². The summed E-state index contributed by atoms with van der Waals surface area (Å²) in [4.78, 5) is 44.7. The third-order valence-corrected chi connectivity index (χ3v) is 8.73. The van der Waals surface area contributed by atoms with E-state index in [-0.39, 0.29) is 29.2 Å². The smallest absolute Gasteiger partial charge is 0.338 e. The van der Waals surface area contributed by atoms with Crippen molar-refractivity contribution in [1.29, 1.82) is 0 Å². The number of carbonyl (C=O) groups excluding carboxylic acids is 2. The molecule has 0 spiro atoms. The Hall–Kier alpha value is -6.01. The fourth-order valence-electron chi connectivity index (χ4n) is 5.52. The summed E-state index contributed by atoms with van der Waals surface area (Å²) in [5.74, 6) is -0.0104. The zero-order valence-corrected chi connectivity index (χ0v) is 28.0. The summed E-state index contributed by atoms with van der Waals surface area (Å²) in [6.07, 6.45) is 5.11. The summed E-state index contributed by atoms with van der Waals surface area (Å²) in [5, 5.41) is 4.89. The Balaban J connectivity index is 1.55. The van der Waals surface area contributed by atoms with E-state index in [1.165, 1.54) is 36.0 Å². The summed E-state index contributed by atoms with van der Waals surface area (Å²) in [5.41, 5.74) is 3.76. The van der Waals surface area contributed by atoms with Crippen molar-refractivity contribution in [1.82, 2.24) is 14.3 Å². The molecule has 0 bridgehead atoms. The van der Waals surface area contributed by atoms with Gasteiger partial charge in [-0.15, -0.1) is 0 Å². The third-order valence-electron chi connectivity index (χ3n) is 7.74. The van der Waals surface area contributed by atoms with Crippen LogP contribution >= 0.6 is 11.3 Å². The number of esters is 2. The Morgan fingerprint density at radius 2 is 1.76 bits per heavy atom. The molecule has 1 atom stereocenters. The number of allylic oxidation sites excluding steroid dienone is 1. The monoisotopic (exact) mass is 676 g/mol. The topological polar surface area (TPSA) is 123 Å². The first-order chi connectivity index (χ1) is 23.7. The van der Waals surface area contributed by atoms with Crippen molar-refractivity contribution < 1.29 is 28.5 Å². The number of rotatable bonds is 10. The van der Waals surface area contributed by atoms with Crippen molar-refractivity contribution in [2.75, 3.05) is 20.8 Å². The molecule has 0 N–H and O–H groups in total. The molecule has 1 unspecified atom stereocenters. The molecule has 3 aromatic carbocycles. The Kier molecular flexibility index (Phi) is 9.40. The number of hydrogen-bond acceptors (Lipinski definition) is 10. The number of benzene rings is 3. The van der Waals surface area contributed by atoms with Crippen LogP contribution in [-0.2, 0) is 14.3 Å². The molecule has 1 aliphatic rings. The van der Waals surface area contributed by atoms with Crippen LogP contribution in [0, 0.1) is 0 Å². The number of methoxy groups -OCH3 is 2. The average Bonchev–Trinajstić information content (AvgIpc) is 3.67. The van der Waals surface area contributed by atoms with E-state index in [2.05, 4.69) is 11.6 Å². The molecule has 1 aliphatic heterocycles. The minimum atomic E-state index is -0.927. The van der Waals surface area contributed by atoms with Gasteiger partial charge < -0.3 is 18.9 Å². The van der Waals surface area contributed by atoms with Gasteiger partial charge in [-0.1, -0.05) is 48.3 Å². The molecule has 0 saturated heterocycles. The second-order valence-electron chi connectivity index (χ2n) is 10.9. The second kappa shape index (κ2) is 14.0. The summed E-state index contributed by atoms with van der Waals surface area (Å²) in [7, 11) is 3.04. The molecule has 0 amide bonds. The van der Waals surface area contributed by atoms with E-state index in [0.717, 1.165) is 11.3 Å². The first kappa shape index (κ1) is 32.9. The van der Waals surface area contributed by atoms with Crippen LogP contribution < -0.4 is 29.1 Å². The molecule has 0 radical (unpaired) electrons. The standard InChI is InChI=1S/C37H32N4O7S/c1-6-18-47-36(44)32-22(2)38-37-41(34(32)25-14-17-29(48-23(3)42)30(19-25)46-5)35(43)31(49-37)20-26-21-40(27-10-8-7-9-11-27)39-33(26)24-12-15-28(45-4)16-13-24/h6-17,19-21,34H,1,18H2,2-5H3. The van der Waals surface area contributed by atoms with E-state index < -0.39 is 18.0 Å². The molecule has 6 rings (SSSR count). The van der Waals surface area contributed by atoms with Gasteiger partial charge >= 0.3 is 11.9 Å². The van der Waals surface area contributed by atoms with Gasteiger partial charge in [-0.05, 0) is 67.1 Å². The van der Waals surface area contributed by atoms with E-state index >= 15 is 0 Å². The molecule has 2 aromatic heterocycles. The Morgan fingerprint density at radius 3 is 2.43 bits per heavy atom. The lowest BCUT2D eigenvalue weighted by atomic mass is 9.95. The fourth-order valence-corrected chi connectivity index (χ4v) is 6.56. The highest BCUT2D eigenvalue weighted by Crippen LogP contribution is 2.36. The second-order valence-corrected chi connectivity index (χ2v) is 11.9. The maximum Gasteiger partial charge on any atom is 0.338 e. The Bertz CT molecular complexity index is 2280. The first-order valence-corrected chi connectivity index (χ1v) is 16.0. The normalized spacial score (nSPS) is 14.1. The van der Waals surface area contributed by atoms with Crippen molar-refractivity contribution in [3.05, 3.63) is 134 Å². The number of hydrogen-bond donors (Lipinski definition) is 0. The van der Waals surface area contributed by atoms with Gasteiger partial charge in [0.05, 0.1) is 41.8 Å². The molecule has 11 nitrogen and oxygen atoms in total. The van der Waals surface area contributed by atoms with Crippen molar-refractivity contribution in [2.24, 2.45) is 4.99 Å². The van der Waals surface area contributed by atoms with Crippen LogP contribution in [0.15, 0.2) is 113 Å². The van der Waals surface area contributed by atoms with Crippen LogP contribution in [0.1, 0.15) is 31.0 Å². The van der Waals surface area contributed by atoms with Crippen LogP contribution in [0.2, 0.25) is 0 Å². The van der Waals surface area contributed by atoms with Crippen molar-refractivity contribution in [2.45, 2.75) is 19.9 Å². The Morgan fingerprint density at radius 1 is 1.00 bits per heavy atom. The molecule has 12 heteroatoms. The average molecular weight is 677 g/mol. The predicted octanol–water partition coefficient (Wildman–Crippen LogP) is 4.76. The van der Waals surface area contributed by atoms with E-state index in [1.807, 2.05) is 60.8 Å². The number of nitrogens with zero attached hydrogens (tertiary/aromatic N) is 4. The number of fused-ring (bicyclic) bond motifs is 1. The number of carbonyl (C=O) groups is 2. The molecule has 0 saturated carbocycles. The molecule has 0 fully saturated rings. The van der Waals surface area contributed by atoms with Crippen molar-refractivity contribution in [3.63, 3.8) is 0 Å². The first-order valence-electron chi connectivity index (χ1n) is 15.2. The summed E-state index contributed by atoms with van der Waals surface area (Å²) < 4.78 is 25.2. The van der Waals surface area contributed by atoms with Gasteiger partial charge in [0, 0.05) is 24.2 Å². The third kappa shape index (κ3) is 6.58. The van der Waals surface area contributed by atoms with E-state index in [0.29, 0.717) is 37.6 Å². The van der Waals surface area contributed by atoms with Gasteiger partial charge in [0.1, 0.15) is 18.1 Å². The van der Waals surface area contributed by atoms with Gasteiger partial charge in [0.25, 0.3) is 5.56 Å². The zero-order chi connectivity index (χ0) is 34.7. The molecule has 248 valence electrons. The predicted molar refractivity (Wildman–Crippen MR) is 185 cm³/mol. The highest BCUT2D eigenvalue weighted by Gasteiger charge is 2.34. The highest BCUT2D eigenvalue weighted by atomic mass is 32.1. The van der Waals surface area contributed by atoms with Gasteiger partial charge in [0.15, 0.2) is 16.3 Å². The number of aromatic nitrogens is 3. The van der Waals surface area contributed by atoms with Crippen LogP contribution in [0.25, 0.3) is 23.0 Å². The fraction of sp³-hybridized carbons (Fsp3) is 0.162. The molecule has 49 heavy (non-hydrogen) atoms. The number of para-hydroxylation sites is 1. The maximum absolute atomic E-state index is 14.4. The minimum absolute atomic E-state index is 0.0268. The lowest BCUT2D eigenvalue weighted by Gasteiger charge is -2.25. The van der Waals surface area contributed by atoms with Crippen LogP contribution in [-0.4, -0.2) is 47.1 Å². The van der Waals surface area contributed by atoms with E-state index in [9.17, 15) is 14.4 Å². The molecule has 5 aromatic rings. The lowest BCUT2D eigenvalue weighted by molar-refractivity contribution is -0.138. The molecule has 3 heterocycles. The zero-order valence-electron chi connectivity index (χ0n) is 27.2. The maximum atomic E-state index is 14.4. The van der Waals surface area contributed by atoms with Crippen LogP contribution in [0.4, 0.5) is 0 Å². The summed E-state index contributed by atoms with van der Waals surface area (Å²) in [6.45, 7) is 6.60. The minimum Gasteiger partial charge on any atom is -0.497 e. The van der Waals surface area contributed by atoms with Gasteiger partial charge in [-0.25, -0.2) is 14.5 Å². The van der Waals surface area contributed by atoms with E-state index in [1.54, 1.807) is 43.0 Å². The van der Waals surface area contributed by atoms with Gasteiger partial charge in [-0.3, -0.25) is 14.2 Å². The highest BCUT2D eigenvalue weighted by molar-refractivity contribution is 7.07. The summed E-state index contributed by atoms with van der Waals surface area (Å²) in [6, 6.07) is 21.1. The van der Waals surface area contributed by atoms with E-state index in [4.69, 9.17) is 24.0 Å². The molecular formula is C37H32N4O7S. The van der Waals surface area contributed by atoms with Gasteiger partial charge in [0.2, 0.25) is 0 Å². The quantitative estimate of drug-likeness (QED) is 0.118. The van der Waals surface area contributed by atoms with Crippen molar-refractivity contribution >= 4 is 29.4 Å². The largest absolute Gasteiger partial charge is 0.497 e. The molecule has 0 aliphatic carbocycles. The number of ether oxygens (including phenoxy) is 4. The Labute approximate surface area is 285 Å².